The molecule has 0 spiro atoms. The van der Waals surface area contributed by atoms with Crippen LogP contribution in [0.2, 0.25) is 0 Å². The summed E-state index contributed by atoms with van der Waals surface area (Å²) in [5.41, 5.74) is -0.930. The second-order valence-electron chi connectivity index (χ2n) is 4.88. The van der Waals surface area contributed by atoms with Crippen molar-refractivity contribution in [2.24, 2.45) is 0 Å². The summed E-state index contributed by atoms with van der Waals surface area (Å²) in [4.78, 5) is 24.0. The third kappa shape index (κ3) is 3.33. The van der Waals surface area contributed by atoms with Gasteiger partial charge in [0.05, 0.1) is 12.2 Å². The minimum Gasteiger partial charge on any atom is -0.493 e. The van der Waals surface area contributed by atoms with Crippen LogP contribution in [0.25, 0.3) is 0 Å². The Bertz CT molecular complexity index is 523. The zero-order valence-electron chi connectivity index (χ0n) is 11.9. The number of nitrogens with one attached hydrogen (secondary N) is 1. The van der Waals surface area contributed by atoms with Gasteiger partial charge in [0.15, 0.2) is 0 Å². The van der Waals surface area contributed by atoms with Gasteiger partial charge in [0.1, 0.15) is 11.3 Å². The first-order valence-corrected chi connectivity index (χ1v) is 6.94. The number of para-hydroxylation sites is 1. The van der Waals surface area contributed by atoms with E-state index in [1.54, 1.807) is 24.3 Å². The summed E-state index contributed by atoms with van der Waals surface area (Å²) >= 11 is 0. The largest absolute Gasteiger partial charge is 0.493 e. The first-order chi connectivity index (χ1) is 10.1. The predicted octanol–water partition coefficient (Wildman–Crippen LogP) is 1.45. The Balaban J connectivity index is 2.21. The summed E-state index contributed by atoms with van der Waals surface area (Å²) in [6.45, 7) is 2.90. The van der Waals surface area contributed by atoms with Gasteiger partial charge in [-0.15, -0.1) is 0 Å². The van der Waals surface area contributed by atoms with Crippen molar-refractivity contribution < 1.29 is 24.2 Å². The van der Waals surface area contributed by atoms with Gasteiger partial charge in [0.2, 0.25) is 0 Å². The lowest BCUT2D eigenvalue weighted by atomic mass is 9.89. The van der Waals surface area contributed by atoms with Crippen molar-refractivity contribution in [2.75, 3.05) is 19.8 Å². The second-order valence-corrected chi connectivity index (χ2v) is 4.88. The maximum absolute atomic E-state index is 12.4. The summed E-state index contributed by atoms with van der Waals surface area (Å²) in [5, 5.41) is 12.1. The Kier molecular flexibility index (Phi) is 4.80. The average Bonchev–Trinajstić information content (AvgIpc) is 2.49. The summed E-state index contributed by atoms with van der Waals surface area (Å²) in [5.74, 6) is -1.03. The normalized spacial score (nSPS) is 17.0. The monoisotopic (exact) mass is 293 g/mol. The zero-order valence-corrected chi connectivity index (χ0v) is 11.9. The molecule has 0 radical (unpaired) electrons. The van der Waals surface area contributed by atoms with E-state index in [2.05, 4.69) is 5.32 Å². The number of carboxylic acid groups (broad SMARTS) is 1. The molecule has 114 valence electrons. The molecule has 1 saturated heterocycles. The lowest BCUT2D eigenvalue weighted by molar-refractivity contribution is -0.148. The number of aliphatic carboxylic acids is 1. The number of carbonyl (C=O) groups excluding carboxylic acids is 1. The van der Waals surface area contributed by atoms with Crippen molar-refractivity contribution in [1.82, 2.24) is 5.32 Å². The topological polar surface area (TPSA) is 84.9 Å². The van der Waals surface area contributed by atoms with Crippen molar-refractivity contribution in [2.45, 2.75) is 25.3 Å². The Morgan fingerprint density at radius 2 is 2.00 bits per heavy atom. The summed E-state index contributed by atoms with van der Waals surface area (Å²) in [6, 6.07) is 6.79. The van der Waals surface area contributed by atoms with Gasteiger partial charge in [0, 0.05) is 26.1 Å². The van der Waals surface area contributed by atoms with E-state index in [-0.39, 0.29) is 12.8 Å². The zero-order chi connectivity index (χ0) is 15.3. The molecule has 6 nitrogen and oxygen atoms in total. The molecule has 1 aliphatic heterocycles. The van der Waals surface area contributed by atoms with Gasteiger partial charge in [0.25, 0.3) is 5.91 Å². The fourth-order valence-electron chi connectivity index (χ4n) is 2.33. The molecule has 1 aromatic rings. The average molecular weight is 293 g/mol. The van der Waals surface area contributed by atoms with Crippen molar-refractivity contribution in [1.29, 1.82) is 0 Å². The van der Waals surface area contributed by atoms with Gasteiger partial charge < -0.3 is 19.9 Å². The lowest BCUT2D eigenvalue weighted by Crippen LogP contribution is -2.57. The molecular formula is C15H19NO5. The van der Waals surface area contributed by atoms with E-state index >= 15 is 0 Å². The molecule has 0 atom stereocenters. The highest BCUT2D eigenvalue weighted by Crippen LogP contribution is 2.24. The number of carboxylic acids is 1. The fraction of sp³-hybridized carbons (Fsp3) is 0.467. The highest BCUT2D eigenvalue weighted by Gasteiger charge is 2.42. The molecule has 1 aromatic carbocycles. The minimum absolute atomic E-state index is 0.255. The third-order valence-corrected chi connectivity index (χ3v) is 3.54. The molecule has 21 heavy (non-hydrogen) atoms. The number of amides is 1. The standard InChI is InChI=1S/C15H19NO5/c1-2-21-12-6-4-3-5-11(12)13(17)16-15(14(18)19)7-9-20-10-8-15/h3-6H,2,7-10H2,1H3,(H,16,17)(H,18,19). The number of benzene rings is 1. The van der Waals surface area contributed by atoms with Crippen LogP contribution in [0, 0.1) is 0 Å². The van der Waals surface area contributed by atoms with Crippen LogP contribution < -0.4 is 10.1 Å². The van der Waals surface area contributed by atoms with Crippen LogP contribution in [0.3, 0.4) is 0 Å². The van der Waals surface area contributed by atoms with Gasteiger partial charge in [-0.1, -0.05) is 12.1 Å². The molecule has 1 aliphatic rings. The van der Waals surface area contributed by atoms with Crippen molar-refractivity contribution in [3.63, 3.8) is 0 Å². The Hall–Kier alpha value is -2.08. The Morgan fingerprint density at radius 1 is 1.33 bits per heavy atom. The van der Waals surface area contributed by atoms with Gasteiger partial charge in [-0.25, -0.2) is 4.79 Å². The number of carbonyl (C=O) groups is 2. The number of ether oxygens (including phenoxy) is 2. The van der Waals surface area contributed by atoms with Gasteiger partial charge in [-0.2, -0.15) is 0 Å². The Labute approximate surface area is 123 Å². The van der Waals surface area contributed by atoms with Crippen LogP contribution in [0.5, 0.6) is 5.75 Å². The van der Waals surface area contributed by atoms with E-state index in [9.17, 15) is 14.7 Å². The van der Waals surface area contributed by atoms with Crippen LogP contribution in [0.15, 0.2) is 24.3 Å². The van der Waals surface area contributed by atoms with Crippen LogP contribution in [-0.2, 0) is 9.53 Å². The molecule has 1 fully saturated rings. The Morgan fingerprint density at radius 3 is 2.62 bits per heavy atom. The SMILES string of the molecule is CCOc1ccccc1C(=O)NC1(C(=O)O)CCOCC1. The van der Waals surface area contributed by atoms with E-state index < -0.39 is 17.4 Å². The summed E-state index contributed by atoms with van der Waals surface area (Å²) in [6.07, 6.45) is 0.510. The van der Waals surface area contributed by atoms with Gasteiger partial charge in [-0.05, 0) is 19.1 Å². The van der Waals surface area contributed by atoms with Gasteiger partial charge in [-0.3, -0.25) is 4.79 Å². The van der Waals surface area contributed by atoms with E-state index in [0.717, 1.165) is 0 Å². The number of hydrogen-bond donors (Lipinski definition) is 2. The maximum atomic E-state index is 12.4. The van der Waals surface area contributed by atoms with E-state index in [1.165, 1.54) is 0 Å². The third-order valence-electron chi connectivity index (χ3n) is 3.54. The highest BCUT2D eigenvalue weighted by molar-refractivity contribution is 6.00. The predicted molar refractivity (Wildman–Crippen MR) is 75.5 cm³/mol. The number of rotatable bonds is 5. The maximum Gasteiger partial charge on any atom is 0.329 e. The van der Waals surface area contributed by atoms with E-state index in [1.807, 2.05) is 6.92 Å². The first-order valence-electron chi connectivity index (χ1n) is 6.94. The van der Waals surface area contributed by atoms with Crippen LogP contribution >= 0.6 is 0 Å². The number of hydrogen-bond acceptors (Lipinski definition) is 4. The van der Waals surface area contributed by atoms with Crippen molar-refractivity contribution >= 4 is 11.9 Å². The molecule has 1 amide bonds. The van der Waals surface area contributed by atoms with E-state index in [0.29, 0.717) is 31.1 Å². The molecular weight excluding hydrogens is 274 g/mol. The highest BCUT2D eigenvalue weighted by atomic mass is 16.5. The summed E-state index contributed by atoms with van der Waals surface area (Å²) in [7, 11) is 0. The molecule has 0 unspecified atom stereocenters. The molecule has 2 N–H and O–H groups in total. The van der Waals surface area contributed by atoms with Crippen LogP contribution in [0.1, 0.15) is 30.1 Å². The van der Waals surface area contributed by atoms with E-state index in [4.69, 9.17) is 9.47 Å². The summed E-state index contributed by atoms with van der Waals surface area (Å²) < 4.78 is 10.6. The van der Waals surface area contributed by atoms with Crippen LogP contribution in [-0.4, -0.2) is 42.3 Å². The first kappa shape index (κ1) is 15.3. The molecule has 6 heteroatoms. The van der Waals surface area contributed by atoms with Crippen molar-refractivity contribution in [3.8, 4) is 5.75 Å². The quantitative estimate of drug-likeness (QED) is 0.858. The molecule has 0 aliphatic carbocycles. The van der Waals surface area contributed by atoms with Gasteiger partial charge >= 0.3 is 5.97 Å². The molecule has 2 rings (SSSR count). The van der Waals surface area contributed by atoms with Crippen molar-refractivity contribution in [3.05, 3.63) is 29.8 Å². The molecule has 0 bridgehead atoms. The second kappa shape index (κ2) is 6.58. The molecule has 1 heterocycles. The molecule has 0 saturated carbocycles. The molecule has 0 aromatic heterocycles. The minimum atomic E-state index is -1.27. The van der Waals surface area contributed by atoms with Crippen LogP contribution in [0.4, 0.5) is 0 Å². The smallest absolute Gasteiger partial charge is 0.329 e. The lowest BCUT2D eigenvalue weighted by Gasteiger charge is -2.34. The fourth-order valence-corrected chi connectivity index (χ4v) is 2.33.